The third kappa shape index (κ3) is 4.01. The third-order valence-corrected chi connectivity index (χ3v) is 2.85. The Balaban J connectivity index is 1.81. The minimum Gasteiger partial charge on any atom is -0.493 e. The van der Waals surface area contributed by atoms with Gasteiger partial charge in [-0.3, -0.25) is 4.68 Å². The standard InChI is InChI=1S/C14H18N4O2/c1-18-10-12(9-16-18)6-7-20-13-4-2-11(3-5-13)8-14(15)17-19/h2-5,9-10,19H,6-8H2,1H3,(H2,15,17). The molecule has 0 saturated heterocycles. The number of nitrogens with zero attached hydrogens (tertiary/aromatic N) is 3. The van der Waals surface area contributed by atoms with Crippen LogP contribution in [0.5, 0.6) is 5.75 Å². The van der Waals surface area contributed by atoms with Gasteiger partial charge in [-0.25, -0.2) is 0 Å². The molecule has 0 spiro atoms. The van der Waals surface area contributed by atoms with E-state index in [1.807, 2.05) is 43.7 Å². The summed E-state index contributed by atoms with van der Waals surface area (Å²) in [6.45, 7) is 0.602. The highest BCUT2D eigenvalue weighted by Crippen LogP contribution is 2.13. The molecule has 0 aliphatic carbocycles. The normalized spacial score (nSPS) is 11.6. The molecule has 2 aromatic rings. The van der Waals surface area contributed by atoms with Crippen LogP contribution >= 0.6 is 0 Å². The van der Waals surface area contributed by atoms with Gasteiger partial charge in [-0.15, -0.1) is 0 Å². The Morgan fingerprint density at radius 2 is 2.10 bits per heavy atom. The molecule has 1 aromatic carbocycles. The highest BCUT2D eigenvalue weighted by atomic mass is 16.5. The second-order valence-electron chi connectivity index (χ2n) is 4.53. The van der Waals surface area contributed by atoms with E-state index in [1.165, 1.54) is 0 Å². The predicted molar refractivity (Wildman–Crippen MR) is 76.0 cm³/mol. The topological polar surface area (TPSA) is 85.7 Å². The number of amidine groups is 1. The lowest BCUT2D eigenvalue weighted by Gasteiger charge is -2.06. The van der Waals surface area contributed by atoms with Crippen LogP contribution in [0.1, 0.15) is 11.1 Å². The van der Waals surface area contributed by atoms with Crippen LogP contribution in [0.15, 0.2) is 41.8 Å². The number of hydrogen-bond donors (Lipinski definition) is 2. The van der Waals surface area contributed by atoms with Crippen molar-refractivity contribution in [2.75, 3.05) is 6.61 Å². The van der Waals surface area contributed by atoms with E-state index in [-0.39, 0.29) is 5.84 Å². The van der Waals surface area contributed by atoms with Crippen molar-refractivity contribution in [2.45, 2.75) is 12.8 Å². The summed E-state index contributed by atoms with van der Waals surface area (Å²) in [4.78, 5) is 0. The fourth-order valence-electron chi connectivity index (χ4n) is 1.84. The van der Waals surface area contributed by atoms with E-state index in [0.29, 0.717) is 13.0 Å². The molecule has 1 aromatic heterocycles. The number of hydrogen-bond acceptors (Lipinski definition) is 4. The molecular formula is C14H18N4O2. The molecule has 0 atom stereocenters. The van der Waals surface area contributed by atoms with Crippen molar-refractivity contribution in [1.29, 1.82) is 0 Å². The molecule has 3 N–H and O–H groups in total. The Hall–Kier alpha value is -2.50. The molecule has 2 rings (SSSR count). The summed E-state index contributed by atoms with van der Waals surface area (Å²) in [7, 11) is 1.89. The molecule has 0 saturated carbocycles. The molecule has 0 fully saturated rings. The molecule has 0 radical (unpaired) electrons. The largest absolute Gasteiger partial charge is 0.493 e. The van der Waals surface area contributed by atoms with E-state index >= 15 is 0 Å². The van der Waals surface area contributed by atoms with Crippen LogP contribution in [0.2, 0.25) is 0 Å². The lowest BCUT2D eigenvalue weighted by Crippen LogP contribution is -2.14. The van der Waals surface area contributed by atoms with E-state index in [0.717, 1.165) is 23.3 Å². The zero-order valence-electron chi connectivity index (χ0n) is 11.4. The summed E-state index contributed by atoms with van der Waals surface area (Å²) < 4.78 is 7.43. The number of oxime groups is 1. The highest BCUT2D eigenvalue weighted by molar-refractivity contribution is 5.82. The van der Waals surface area contributed by atoms with Gasteiger partial charge in [0.15, 0.2) is 0 Å². The molecule has 20 heavy (non-hydrogen) atoms. The van der Waals surface area contributed by atoms with Gasteiger partial charge < -0.3 is 15.7 Å². The van der Waals surface area contributed by atoms with Crippen molar-refractivity contribution in [2.24, 2.45) is 17.9 Å². The van der Waals surface area contributed by atoms with Gasteiger partial charge in [0.05, 0.1) is 12.8 Å². The monoisotopic (exact) mass is 274 g/mol. The Kier molecular flexibility index (Phi) is 4.60. The third-order valence-electron chi connectivity index (χ3n) is 2.85. The van der Waals surface area contributed by atoms with Crippen molar-refractivity contribution in [3.05, 3.63) is 47.8 Å². The molecule has 0 aliphatic heterocycles. The number of nitrogens with two attached hydrogens (primary N) is 1. The van der Waals surface area contributed by atoms with Crippen LogP contribution < -0.4 is 10.5 Å². The SMILES string of the molecule is Cn1cc(CCOc2ccc(C/C(N)=N/O)cc2)cn1. The summed E-state index contributed by atoms with van der Waals surface area (Å²) >= 11 is 0. The van der Waals surface area contributed by atoms with Crippen molar-refractivity contribution >= 4 is 5.84 Å². The number of benzene rings is 1. The molecule has 0 aliphatic rings. The Labute approximate surface area is 117 Å². The summed E-state index contributed by atoms with van der Waals surface area (Å²) in [5.74, 6) is 0.993. The number of rotatable bonds is 6. The Morgan fingerprint density at radius 3 is 2.70 bits per heavy atom. The van der Waals surface area contributed by atoms with E-state index in [9.17, 15) is 0 Å². The van der Waals surface area contributed by atoms with Gasteiger partial charge in [-0.2, -0.15) is 5.10 Å². The molecule has 0 amide bonds. The van der Waals surface area contributed by atoms with Crippen LogP contribution in [-0.2, 0) is 19.9 Å². The highest BCUT2D eigenvalue weighted by Gasteiger charge is 2.00. The maximum absolute atomic E-state index is 8.51. The average Bonchev–Trinajstić information content (AvgIpc) is 2.86. The Bertz CT molecular complexity index is 575. The minimum absolute atomic E-state index is 0.190. The van der Waals surface area contributed by atoms with Gasteiger partial charge in [0.25, 0.3) is 0 Å². The quantitative estimate of drug-likeness (QED) is 0.360. The minimum atomic E-state index is 0.190. The molecular weight excluding hydrogens is 256 g/mol. The van der Waals surface area contributed by atoms with Gasteiger partial charge >= 0.3 is 0 Å². The number of aryl methyl sites for hydroxylation is 1. The number of aromatic nitrogens is 2. The molecule has 106 valence electrons. The number of ether oxygens (including phenoxy) is 1. The van der Waals surface area contributed by atoms with Gasteiger partial charge in [0.2, 0.25) is 0 Å². The molecule has 1 heterocycles. The summed E-state index contributed by atoms with van der Waals surface area (Å²) in [5.41, 5.74) is 7.57. The first-order chi connectivity index (χ1) is 9.67. The first-order valence-corrected chi connectivity index (χ1v) is 6.33. The smallest absolute Gasteiger partial charge is 0.143 e. The fraction of sp³-hybridized carbons (Fsp3) is 0.286. The van der Waals surface area contributed by atoms with E-state index in [2.05, 4.69) is 10.3 Å². The first kappa shape index (κ1) is 13.9. The lowest BCUT2D eigenvalue weighted by atomic mass is 10.1. The van der Waals surface area contributed by atoms with Crippen molar-refractivity contribution in [3.63, 3.8) is 0 Å². The summed E-state index contributed by atoms with van der Waals surface area (Å²) in [5, 5.41) is 15.6. The maximum Gasteiger partial charge on any atom is 0.143 e. The lowest BCUT2D eigenvalue weighted by molar-refractivity contribution is 0.317. The zero-order chi connectivity index (χ0) is 14.4. The molecule has 0 bridgehead atoms. The summed E-state index contributed by atoms with van der Waals surface area (Å²) in [6, 6.07) is 7.56. The van der Waals surface area contributed by atoms with Crippen LogP contribution in [0, 0.1) is 0 Å². The molecule has 0 unspecified atom stereocenters. The van der Waals surface area contributed by atoms with Crippen molar-refractivity contribution in [3.8, 4) is 5.75 Å². The van der Waals surface area contributed by atoms with E-state index in [4.69, 9.17) is 15.7 Å². The van der Waals surface area contributed by atoms with Gasteiger partial charge in [0, 0.05) is 26.1 Å². The zero-order valence-corrected chi connectivity index (χ0v) is 11.4. The van der Waals surface area contributed by atoms with Gasteiger partial charge in [0.1, 0.15) is 11.6 Å². The van der Waals surface area contributed by atoms with Crippen LogP contribution in [0.4, 0.5) is 0 Å². The van der Waals surface area contributed by atoms with E-state index in [1.54, 1.807) is 4.68 Å². The fourth-order valence-corrected chi connectivity index (χ4v) is 1.84. The second-order valence-corrected chi connectivity index (χ2v) is 4.53. The van der Waals surface area contributed by atoms with Crippen molar-refractivity contribution in [1.82, 2.24) is 9.78 Å². The molecule has 6 nitrogen and oxygen atoms in total. The first-order valence-electron chi connectivity index (χ1n) is 6.33. The maximum atomic E-state index is 8.51. The van der Waals surface area contributed by atoms with Crippen LogP contribution in [0.3, 0.4) is 0 Å². The van der Waals surface area contributed by atoms with Gasteiger partial charge in [-0.05, 0) is 23.3 Å². The van der Waals surface area contributed by atoms with Crippen molar-refractivity contribution < 1.29 is 9.94 Å². The summed E-state index contributed by atoms with van der Waals surface area (Å²) in [6.07, 6.45) is 5.05. The van der Waals surface area contributed by atoms with Crippen LogP contribution in [-0.4, -0.2) is 27.4 Å². The van der Waals surface area contributed by atoms with Gasteiger partial charge in [-0.1, -0.05) is 17.3 Å². The average molecular weight is 274 g/mol. The second kappa shape index (κ2) is 6.60. The Morgan fingerprint density at radius 1 is 1.35 bits per heavy atom. The van der Waals surface area contributed by atoms with E-state index < -0.39 is 0 Å². The predicted octanol–water partition coefficient (Wildman–Crippen LogP) is 1.33. The van der Waals surface area contributed by atoms with Crippen LogP contribution in [0.25, 0.3) is 0 Å². The molecule has 6 heteroatoms.